The van der Waals surface area contributed by atoms with E-state index in [4.69, 9.17) is 0 Å². The average molecular weight is 221 g/mol. The van der Waals surface area contributed by atoms with E-state index in [-0.39, 0.29) is 18.6 Å². The van der Waals surface area contributed by atoms with Crippen molar-refractivity contribution in [2.75, 3.05) is 6.26 Å². The van der Waals surface area contributed by atoms with Crippen LogP contribution < -0.4 is 0 Å². The molecule has 0 amide bonds. The van der Waals surface area contributed by atoms with E-state index < -0.39 is 9.84 Å². The molecule has 1 aromatic carbocycles. The summed E-state index contributed by atoms with van der Waals surface area (Å²) in [5.74, 6) is 0. The van der Waals surface area contributed by atoms with Crippen molar-refractivity contribution in [2.24, 2.45) is 0 Å². The molecule has 0 heterocycles. The Balaban J connectivity index is 0.00000121. The molecular formula is C8H10O2SV. The Morgan fingerprint density at radius 2 is 1.50 bits per heavy atom. The molecule has 0 aliphatic heterocycles. The quantitative estimate of drug-likeness (QED) is 0.718. The van der Waals surface area contributed by atoms with Gasteiger partial charge in [-0.15, -0.1) is 0 Å². The van der Waals surface area contributed by atoms with Crippen molar-refractivity contribution in [3.63, 3.8) is 0 Å². The summed E-state index contributed by atoms with van der Waals surface area (Å²) >= 11 is 0. The normalized spacial score (nSPS) is 10.5. The van der Waals surface area contributed by atoms with Crippen LogP contribution in [0, 0.1) is 6.92 Å². The Bertz CT molecular complexity index is 340. The van der Waals surface area contributed by atoms with Crippen LogP contribution in [0.5, 0.6) is 0 Å². The molecule has 65 valence electrons. The second-order valence-corrected chi connectivity index (χ2v) is 4.60. The Hall–Kier alpha value is -0.246. The number of aryl methyl sites for hydroxylation is 1. The molecule has 1 aromatic rings. The molecule has 2 nitrogen and oxygen atoms in total. The van der Waals surface area contributed by atoms with E-state index in [1.165, 1.54) is 6.26 Å². The molecule has 1 rings (SSSR count). The van der Waals surface area contributed by atoms with Crippen LogP contribution in [0.25, 0.3) is 0 Å². The molecule has 0 N–H and O–H groups in total. The Morgan fingerprint density at radius 1 is 1.08 bits per heavy atom. The monoisotopic (exact) mass is 221 g/mol. The smallest absolute Gasteiger partial charge is 0.175 e. The minimum Gasteiger partial charge on any atom is -0.224 e. The largest absolute Gasteiger partial charge is 0.224 e. The first-order chi connectivity index (χ1) is 5.00. The van der Waals surface area contributed by atoms with Crippen LogP contribution in [-0.2, 0) is 28.4 Å². The fourth-order valence-corrected chi connectivity index (χ4v) is 1.42. The minimum atomic E-state index is -3.02. The zero-order valence-electron chi connectivity index (χ0n) is 6.98. The topological polar surface area (TPSA) is 34.1 Å². The van der Waals surface area contributed by atoms with Crippen molar-refractivity contribution >= 4 is 9.84 Å². The van der Waals surface area contributed by atoms with E-state index in [0.717, 1.165) is 5.56 Å². The molecule has 0 fully saturated rings. The summed E-state index contributed by atoms with van der Waals surface area (Å²) in [4.78, 5) is 0.378. The number of benzene rings is 1. The Kier molecular flexibility index (Phi) is 4.04. The molecule has 0 bridgehead atoms. The first-order valence-electron chi connectivity index (χ1n) is 3.27. The van der Waals surface area contributed by atoms with Gasteiger partial charge in [-0.05, 0) is 19.1 Å². The van der Waals surface area contributed by atoms with Crippen LogP contribution in [-0.4, -0.2) is 14.7 Å². The number of rotatable bonds is 1. The van der Waals surface area contributed by atoms with Gasteiger partial charge in [0.1, 0.15) is 0 Å². The van der Waals surface area contributed by atoms with Gasteiger partial charge < -0.3 is 0 Å². The van der Waals surface area contributed by atoms with Gasteiger partial charge >= 0.3 is 0 Å². The molecular weight excluding hydrogens is 211 g/mol. The van der Waals surface area contributed by atoms with E-state index in [2.05, 4.69) is 0 Å². The van der Waals surface area contributed by atoms with Gasteiger partial charge in [0.2, 0.25) is 0 Å². The van der Waals surface area contributed by atoms with Crippen LogP contribution in [0.4, 0.5) is 0 Å². The van der Waals surface area contributed by atoms with E-state index >= 15 is 0 Å². The second-order valence-electron chi connectivity index (χ2n) is 2.59. The first-order valence-corrected chi connectivity index (χ1v) is 5.16. The second kappa shape index (κ2) is 4.12. The number of sulfone groups is 1. The minimum absolute atomic E-state index is 0. The average Bonchev–Trinajstić information content (AvgIpc) is 1.86. The Morgan fingerprint density at radius 3 is 1.83 bits per heavy atom. The van der Waals surface area contributed by atoms with Crippen LogP contribution in [0.3, 0.4) is 0 Å². The van der Waals surface area contributed by atoms with Gasteiger partial charge in [-0.25, -0.2) is 8.42 Å². The molecule has 1 radical (unpaired) electrons. The molecule has 0 aromatic heterocycles. The van der Waals surface area contributed by atoms with Crippen LogP contribution in [0.15, 0.2) is 29.2 Å². The summed E-state index contributed by atoms with van der Waals surface area (Å²) in [5.41, 5.74) is 1.07. The van der Waals surface area contributed by atoms with Crippen LogP contribution in [0.2, 0.25) is 0 Å². The van der Waals surface area contributed by atoms with Gasteiger partial charge in [-0.3, -0.25) is 0 Å². The van der Waals surface area contributed by atoms with Crippen molar-refractivity contribution in [2.45, 2.75) is 11.8 Å². The van der Waals surface area contributed by atoms with Crippen molar-refractivity contribution in [1.82, 2.24) is 0 Å². The molecule has 0 aliphatic carbocycles. The molecule has 0 atom stereocenters. The summed E-state index contributed by atoms with van der Waals surface area (Å²) in [6, 6.07) is 6.81. The molecule has 0 spiro atoms. The van der Waals surface area contributed by atoms with Gasteiger partial charge in [0.05, 0.1) is 4.90 Å². The zero-order chi connectivity index (χ0) is 8.48. The molecule has 4 heteroatoms. The van der Waals surface area contributed by atoms with Crippen LogP contribution >= 0.6 is 0 Å². The summed E-state index contributed by atoms with van der Waals surface area (Å²) in [7, 11) is -3.02. The molecule has 0 saturated carbocycles. The molecule has 0 aliphatic rings. The van der Waals surface area contributed by atoms with Gasteiger partial charge in [-0.1, -0.05) is 17.7 Å². The molecule has 0 unspecified atom stereocenters. The fraction of sp³-hybridized carbons (Fsp3) is 0.250. The number of hydrogen-bond donors (Lipinski definition) is 0. The summed E-state index contributed by atoms with van der Waals surface area (Å²) < 4.78 is 21.9. The van der Waals surface area contributed by atoms with Gasteiger partial charge in [-0.2, -0.15) is 0 Å². The van der Waals surface area contributed by atoms with E-state index in [1.54, 1.807) is 24.3 Å². The van der Waals surface area contributed by atoms with Gasteiger partial charge in [0.15, 0.2) is 9.84 Å². The zero-order valence-corrected chi connectivity index (χ0v) is 9.19. The predicted octanol–water partition coefficient (Wildman–Crippen LogP) is 1.40. The first kappa shape index (κ1) is 11.8. The SMILES string of the molecule is Cc1ccc(S(C)(=O)=O)cc1.[V]. The summed E-state index contributed by atoms with van der Waals surface area (Å²) in [5, 5.41) is 0. The summed E-state index contributed by atoms with van der Waals surface area (Å²) in [6.45, 7) is 1.92. The summed E-state index contributed by atoms with van der Waals surface area (Å²) in [6.07, 6.45) is 1.21. The maximum Gasteiger partial charge on any atom is 0.175 e. The number of hydrogen-bond acceptors (Lipinski definition) is 2. The third-order valence-electron chi connectivity index (χ3n) is 1.45. The van der Waals surface area contributed by atoms with Crippen molar-refractivity contribution < 1.29 is 27.0 Å². The van der Waals surface area contributed by atoms with Crippen molar-refractivity contribution in [3.05, 3.63) is 29.8 Å². The van der Waals surface area contributed by atoms with Crippen LogP contribution in [0.1, 0.15) is 5.56 Å². The standard InChI is InChI=1S/C8H10O2S.V/c1-7-3-5-8(6-4-7)11(2,9)10;/h3-6H,1-2H3;. The fourth-order valence-electron chi connectivity index (χ4n) is 0.785. The maximum absolute atomic E-state index is 10.9. The Labute approximate surface area is 84.8 Å². The molecule has 0 saturated heterocycles. The van der Waals surface area contributed by atoms with Crippen molar-refractivity contribution in [3.8, 4) is 0 Å². The van der Waals surface area contributed by atoms with E-state index in [1.807, 2.05) is 6.92 Å². The van der Waals surface area contributed by atoms with E-state index in [9.17, 15) is 8.42 Å². The predicted molar refractivity (Wildman–Crippen MR) is 44.3 cm³/mol. The molecule has 12 heavy (non-hydrogen) atoms. The van der Waals surface area contributed by atoms with Gasteiger partial charge in [0.25, 0.3) is 0 Å². The maximum atomic E-state index is 10.9. The van der Waals surface area contributed by atoms with Crippen molar-refractivity contribution in [1.29, 1.82) is 0 Å². The van der Waals surface area contributed by atoms with E-state index in [0.29, 0.717) is 4.90 Å². The third-order valence-corrected chi connectivity index (χ3v) is 2.58. The third kappa shape index (κ3) is 3.01. The van der Waals surface area contributed by atoms with Gasteiger partial charge in [0, 0.05) is 24.8 Å².